The highest BCUT2D eigenvalue weighted by molar-refractivity contribution is 7.98. The summed E-state index contributed by atoms with van der Waals surface area (Å²) in [6.07, 6.45) is 1.25. The van der Waals surface area contributed by atoms with Gasteiger partial charge in [-0.2, -0.15) is 11.8 Å². The first kappa shape index (κ1) is 17.4. The summed E-state index contributed by atoms with van der Waals surface area (Å²) < 4.78 is 5.49. The molecule has 2 unspecified atom stereocenters. The lowest BCUT2D eigenvalue weighted by atomic mass is 10.0. The summed E-state index contributed by atoms with van der Waals surface area (Å²) in [6.45, 7) is 9.91. The van der Waals surface area contributed by atoms with Crippen LogP contribution in [0.1, 0.15) is 51.3 Å². The first-order valence-corrected chi connectivity index (χ1v) is 8.75. The smallest absolute Gasteiger partial charge is 0.122 e. The molecule has 0 aliphatic rings. The molecule has 0 amide bonds. The minimum Gasteiger partial charge on any atom is -0.496 e. The molecular weight excluding hydrogens is 266 g/mol. The van der Waals surface area contributed by atoms with E-state index < -0.39 is 0 Å². The Labute approximate surface area is 128 Å². The number of nitrogens with one attached hydrogen (secondary N) is 1. The second kappa shape index (κ2) is 9.30. The van der Waals surface area contributed by atoms with E-state index in [0.29, 0.717) is 6.04 Å². The summed E-state index contributed by atoms with van der Waals surface area (Å²) in [5.41, 5.74) is 2.65. The highest BCUT2D eigenvalue weighted by atomic mass is 32.2. The molecule has 1 aromatic rings. The van der Waals surface area contributed by atoms with Crippen molar-refractivity contribution in [1.82, 2.24) is 5.32 Å². The molecule has 114 valence electrons. The van der Waals surface area contributed by atoms with E-state index >= 15 is 0 Å². The number of benzene rings is 1. The number of hydrogen-bond acceptors (Lipinski definition) is 3. The molecule has 0 aromatic heterocycles. The number of thioether (sulfide) groups is 1. The normalized spacial score (nSPS) is 14.1. The quantitative estimate of drug-likeness (QED) is 0.717. The predicted octanol–water partition coefficient (Wildman–Crippen LogP) is 4.65. The molecular formula is C17H29NOS. The molecule has 0 aliphatic carbocycles. The van der Waals surface area contributed by atoms with Gasteiger partial charge in [-0.3, -0.25) is 0 Å². The third-order valence-electron chi connectivity index (χ3n) is 3.67. The fourth-order valence-corrected chi connectivity index (χ4v) is 3.29. The van der Waals surface area contributed by atoms with Crippen molar-refractivity contribution in [3.05, 3.63) is 29.3 Å². The van der Waals surface area contributed by atoms with Gasteiger partial charge < -0.3 is 10.1 Å². The average molecular weight is 295 g/mol. The lowest BCUT2D eigenvalue weighted by Gasteiger charge is -2.16. The largest absolute Gasteiger partial charge is 0.496 e. The lowest BCUT2D eigenvalue weighted by Crippen LogP contribution is -2.17. The second-order valence-corrected chi connectivity index (χ2v) is 6.41. The molecule has 1 aromatic carbocycles. The molecule has 0 heterocycles. The van der Waals surface area contributed by atoms with Crippen LogP contribution in [0.3, 0.4) is 0 Å². The molecule has 0 radical (unpaired) electrons. The van der Waals surface area contributed by atoms with E-state index in [1.165, 1.54) is 23.3 Å². The van der Waals surface area contributed by atoms with Crippen LogP contribution in [0.2, 0.25) is 0 Å². The highest BCUT2D eigenvalue weighted by Crippen LogP contribution is 2.28. The topological polar surface area (TPSA) is 21.3 Å². The van der Waals surface area contributed by atoms with Crippen LogP contribution in [0.4, 0.5) is 0 Å². The molecule has 1 rings (SSSR count). The van der Waals surface area contributed by atoms with Gasteiger partial charge in [0.1, 0.15) is 5.75 Å². The molecule has 0 bridgehead atoms. The summed E-state index contributed by atoms with van der Waals surface area (Å²) in [6, 6.07) is 6.94. The van der Waals surface area contributed by atoms with Gasteiger partial charge in [0.25, 0.3) is 0 Å². The SMILES string of the molecule is CCNC(C)c1ccc(OC)c(CSCC(C)CC)c1. The summed E-state index contributed by atoms with van der Waals surface area (Å²) in [4.78, 5) is 0. The zero-order chi connectivity index (χ0) is 15.0. The zero-order valence-corrected chi connectivity index (χ0v) is 14.3. The van der Waals surface area contributed by atoms with Gasteiger partial charge in [0.15, 0.2) is 0 Å². The minimum absolute atomic E-state index is 0.393. The van der Waals surface area contributed by atoms with E-state index in [9.17, 15) is 0 Å². The molecule has 2 nitrogen and oxygen atoms in total. The van der Waals surface area contributed by atoms with Crippen molar-refractivity contribution in [3.63, 3.8) is 0 Å². The van der Waals surface area contributed by atoms with Crippen LogP contribution < -0.4 is 10.1 Å². The zero-order valence-electron chi connectivity index (χ0n) is 13.5. The Hall–Kier alpha value is -0.670. The molecule has 0 fully saturated rings. The van der Waals surface area contributed by atoms with E-state index in [2.05, 4.69) is 51.2 Å². The van der Waals surface area contributed by atoms with Gasteiger partial charge in [-0.1, -0.05) is 33.3 Å². The second-order valence-electron chi connectivity index (χ2n) is 5.38. The van der Waals surface area contributed by atoms with Gasteiger partial charge in [-0.25, -0.2) is 0 Å². The van der Waals surface area contributed by atoms with E-state index in [1.54, 1.807) is 7.11 Å². The summed E-state index contributed by atoms with van der Waals surface area (Å²) in [5.74, 6) is 4.04. The van der Waals surface area contributed by atoms with Crippen LogP contribution in [0.5, 0.6) is 5.75 Å². The lowest BCUT2D eigenvalue weighted by molar-refractivity contribution is 0.411. The molecule has 2 atom stereocenters. The van der Waals surface area contributed by atoms with Gasteiger partial charge in [-0.15, -0.1) is 0 Å². The fourth-order valence-electron chi connectivity index (χ4n) is 2.09. The minimum atomic E-state index is 0.393. The number of ether oxygens (including phenoxy) is 1. The average Bonchev–Trinajstić information content (AvgIpc) is 2.47. The summed E-state index contributed by atoms with van der Waals surface area (Å²) in [5, 5.41) is 3.46. The van der Waals surface area contributed by atoms with Gasteiger partial charge >= 0.3 is 0 Å². The van der Waals surface area contributed by atoms with Crippen molar-refractivity contribution >= 4 is 11.8 Å². The van der Waals surface area contributed by atoms with Crippen LogP contribution in [-0.2, 0) is 5.75 Å². The summed E-state index contributed by atoms with van der Waals surface area (Å²) in [7, 11) is 1.76. The van der Waals surface area contributed by atoms with Crippen LogP contribution in [0.15, 0.2) is 18.2 Å². The van der Waals surface area contributed by atoms with E-state index in [4.69, 9.17) is 4.74 Å². The summed E-state index contributed by atoms with van der Waals surface area (Å²) >= 11 is 2.00. The van der Waals surface area contributed by atoms with Crippen LogP contribution in [0, 0.1) is 5.92 Å². The Balaban J connectivity index is 2.73. The molecule has 0 saturated heterocycles. The van der Waals surface area contributed by atoms with E-state index in [0.717, 1.165) is 24.0 Å². The Morgan fingerprint density at radius 3 is 2.60 bits per heavy atom. The Morgan fingerprint density at radius 2 is 2.00 bits per heavy atom. The third-order valence-corrected chi connectivity index (χ3v) is 4.99. The van der Waals surface area contributed by atoms with E-state index in [1.807, 2.05) is 11.8 Å². The van der Waals surface area contributed by atoms with Crippen molar-refractivity contribution in [2.24, 2.45) is 5.92 Å². The van der Waals surface area contributed by atoms with Gasteiger partial charge in [0, 0.05) is 17.4 Å². The van der Waals surface area contributed by atoms with Crippen LogP contribution >= 0.6 is 11.8 Å². The molecule has 0 aliphatic heterocycles. The third kappa shape index (κ3) is 5.37. The predicted molar refractivity (Wildman–Crippen MR) is 90.7 cm³/mol. The van der Waals surface area contributed by atoms with Gasteiger partial charge in [0.05, 0.1) is 7.11 Å². The Bertz CT molecular complexity index is 395. The molecule has 3 heteroatoms. The monoisotopic (exact) mass is 295 g/mol. The van der Waals surface area contributed by atoms with Crippen molar-refractivity contribution in [2.45, 2.75) is 45.9 Å². The molecule has 0 spiro atoms. The van der Waals surface area contributed by atoms with Crippen molar-refractivity contribution in [1.29, 1.82) is 0 Å². The van der Waals surface area contributed by atoms with Gasteiger partial charge in [-0.05, 0) is 42.8 Å². The fraction of sp³-hybridized carbons (Fsp3) is 0.647. The Kier molecular flexibility index (Phi) is 8.08. The van der Waals surface area contributed by atoms with Crippen LogP contribution in [-0.4, -0.2) is 19.4 Å². The first-order chi connectivity index (χ1) is 9.62. The van der Waals surface area contributed by atoms with Gasteiger partial charge in [0.2, 0.25) is 0 Å². The molecule has 1 N–H and O–H groups in total. The maximum absolute atomic E-state index is 5.49. The van der Waals surface area contributed by atoms with Crippen molar-refractivity contribution < 1.29 is 4.74 Å². The number of methoxy groups -OCH3 is 1. The van der Waals surface area contributed by atoms with Crippen LogP contribution in [0.25, 0.3) is 0 Å². The van der Waals surface area contributed by atoms with Crippen molar-refractivity contribution in [3.8, 4) is 5.75 Å². The Morgan fingerprint density at radius 1 is 1.25 bits per heavy atom. The molecule has 20 heavy (non-hydrogen) atoms. The number of rotatable bonds is 9. The standard InChI is InChI=1S/C17H29NOS/c1-6-13(3)11-20-12-16-10-15(14(4)18-7-2)8-9-17(16)19-5/h8-10,13-14,18H,6-7,11-12H2,1-5H3. The van der Waals surface area contributed by atoms with Crippen molar-refractivity contribution in [2.75, 3.05) is 19.4 Å². The maximum Gasteiger partial charge on any atom is 0.122 e. The number of hydrogen-bond donors (Lipinski definition) is 1. The van der Waals surface area contributed by atoms with E-state index in [-0.39, 0.29) is 0 Å². The maximum atomic E-state index is 5.49. The first-order valence-electron chi connectivity index (χ1n) is 7.60. The molecule has 0 saturated carbocycles. The highest BCUT2D eigenvalue weighted by Gasteiger charge is 2.09.